The fraction of sp³-hybridized carbons (Fsp3) is 0.231. The minimum Gasteiger partial charge on any atom is -0.398 e. The number of nitrogens with zero attached hydrogens (tertiary/aromatic N) is 6. The van der Waals surface area contributed by atoms with Crippen LogP contribution in [0.15, 0.2) is 24.4 Å². The van der Waals surface area contributed by atoms with E-state index in [0.29, 0.717) is 11.5 Å². The number of hydrogen-bond donors (Lipinski definition) is 1. The zero-order chi connectivity index (χ0) is 14.3. The number of aromatic nitrogens is 6. The largest absolute Gasteiger partial charge is 0.398 e. The van der Waals surface area contributed by atoms with Crippen LogP contribution in [-0.2, 0) is 7.05 Å². The van der Waals surface area contributed by atoms with Gasteiger partial charge in [0.15, 0.2) is 5.82 Å². The third-order valence-corrected chi connectivity index (χ3v) is 3.21. The molecule has 20 heavy (non-hydrogen) atoms. The second-order valence-corrected chi connectivity index (χ2v) is 4.73. The summed E-state index contributed by atoms with van der Waals surface area (Å²) in [5.74, 6) is 0.622. The summed E-state index contributed by atoms with van der Waals surface area (Å²) in [7, 11) is 1.86. The predicted molar refractivity (Wildman–Crippen MR) is 75.2 cm³/mol. The molecule has 102 valence electrons. The Balaban J connectivity index is 2.23. The molecule has 0 aliphatic carbocycles. The Morgan fingerprint density at radius 2 is 2.00 bits per heavy atom. The van der Waals surface area contributed by atoms with Crippen LogP contribution in [0.25, 0.3) is 17.1 Å². The summed E-state index contributed by atoms with van der Waals surface area (Å²) < 4.78 is 3.40. The standard InChI is InChI=1S/C13H15N7/c1-8-5-4-6-10(14)12(8)13-15-17-18-20(13)11-7-19(3)16-9(11)2/h4-7H,14H2,1-3H3. The van der Waals surface area contributed by atoms with E-state index in [4.69, 9.17) is 5.73 Å². The van der Waals surface area contributed by atoms with Crippen molar-refractivity contribution in [2.75, 3.05) is 5.73 Å². The van der Waals surface area contributed by atoms with Crippen molar-refractivity contribution in [3.63, 3.8) is 0 Å². The number of anilines is 1. The quantitative estimate of drug-likeness (QED) is 0.708. The Kier molecular flexibility index (Phi) is 2.74. The van der Waals surface area contributed by atoms with E-state index < -0.39 is 0 Å². The van der Waals surface area contributed by atoms with Crippen molar-refractivity contribution in [3.8, 4) is 17.1 Å². The molecule has 7 nitrogen and oxygen atoms in total. The molecule has 2 aromatic heterocycles. The molecular weight excluding hydrogens is 254 g/mol. The summed E-state index contributed by atoms with van der Waals surface area (Å²) in [6.45, 7) is 3.91. The van der Waals surface area contributed by atoms with Crippen LogP contribution < -0.4 is 5.73 Å². The second-order valence-electron chi connectivity index (χ2n) is 4.73. The van der Waals surface area contributed by atoms with E-state index in [1.807, 2.05) is 45.3 Å². The Hall–Kier alpha value is -2.70. The fourth-order valence-electron chi connectivity index (χ4n) is 2.30. The summed E-state index contributed by atoms with van der Waals surface area (Å²) in [4.78, 5) is 0. The minimum absolute atomic E-state index is 0.622. The average molecular weight is 269 g/mol. The van der Waals surface area contributed by atoms with E-state index in [2.05, 4.69) is 20.6 Å². The number of rotatable bonds is 2. The first kappa shape index (κ1) is 12.3. The molecule has 0 radical (unpaired) electrons. The van der Waals surface area contributed by atoms with E-state index in [9.17, 15) is 0 Å². The fourth-order valence-corrected chi connectivity index (χ4v) is 2.30. The molecule has 0 atom stereocenters. The third-order valence-electron chi connectivity index (χ3n) is 3.21. The topological polar surface area (TPSA) is 87.4 Å². The van der Waals surface area contributed by atoms with Gasteiger partial charge in [-0.3, -0.25) is 4.68 Å². The number of tetrazole rings is 1. The lowest BCUT2D eigenvalue weighted by Gasteiger charge is -2.08. The normalized spacial score (nSPS) is 10.9. The van der Waals surface area contributed by atoms with Crippen LogP contribution in [0.1, 0.15) is 11.3 Å². The zero-order valence-electron chi connectivity index (χ0n) is 11.6. The van der Waals surface area contributed by atoms with Gasteiger partial charge in [0.25, 0.3) is 0 Å². The van der Waals surface area contributed by atoms with Crippen molar-refractivity contribution >= 4 is 5.69 Å². The smallest absolute Gasteiger partial charge is 0.189 e. The van der Waals surface area contributed by atoms with Crippen LogP contribution in [0.2, 0.25) is 0 Å². The zero-order valence-corrected chi connectivity index (χ0v) is 11.6. The Morgan fingerprint density at radius 3 is 2.65 bits per heavy atom. The maximum Gasteiger partial charge on any atom is 0.189 e. The van der Waals surface area contributed by atoms with Crippen LogP contribution >= 0.6 is 0 Å². The lowest BCUT2D eigenvalue weighted by atomic mass is 10.1. The molecule has 0 saturated carbocycles. The summed E-state index contributed by atoms with van der Waals surface area (Å²) in [6, 6.07) is 5.75. The number of benzene rings is 1. The van der Waals surface area contributed by atoms with Gasteiger partial charge in [0, 0.05) is 18.3 Å². The van der Waals surface area contributed by atoms with Gasteiger partial charge >= 0.3 is 0 Å². The Bertz CT molecular complexity index is 749. The molecule has 3 rings (SSSR count). The Morgan fingerprint density at radius 1 is 1.20 bits per heavy atom. The van der Waals surface area contributed by atoms with Gasteiger partial charge in [-0.2, -0.15) is 9.78 Å². The summed E-state index contributed by atoms with van der Waals surface area (Å²) in [5.41, 5.74) is 10.3. The second kappa shape index (κ2) is 4.44. The Labute approximate surface area is 116 Å². The van der Waals surface area contributed by atoms with E-state index in [1.54, 1.807) is 9.36 Å². The molecule has 1 aromatic carbocycles. The summed E-state index contributed by atoms with van der Waals surface area (Å²) in [6.07, 6.45) is 1.88. The molecule has 0 fully saturated rings. The molecule has 0 aliphatic heterocycles. The SMILES string of the molecule is Cc1cccc(N)c1-c1nnnn1-c1cn(C)nc1C. The molecule has 0 aliphatic rings. The summed E-state index contributed by atoms with van der Waals surface area (Å²) >= 11 is 0. The van der Waals surface area contributed by atoms with Gasteiger partial charge in [-0.15, -0.1) is 5.10 Å². The lowest BCUT2D eigenvalue weighted by Crippen LogP contribution is -2.03. The maximum absolute atomic E-state index is 6.07. The van der Waals surface area contributed by atoms with Crippen molar-refractivity contribution in [2.45, 2.75) is 13.8 Å². The lowest BCUT2D eigenvalue weighted by molar-refractivity contribution is 0.755. The van der Waals surface area contributed by atoms with Gasteiger partial charge in [0.1, 0.15) is 5.69 Å². The van der Waals surface area contributed by atoms with E-state index in [1.165, 1.54) is 0 Å². The molecule has 0 unspecified atom stereocenters. The highest BCUT2D eigenvalue weighted by Gasteiger charge is 2.18. The molecule has 0 saturated heterocycles. The van der Waals surface area contributed by atoms with Crippen molar-refractivity contribution in [1.29, 1.82) is 0 Å². The highest BCUT2D eigenvalue weighted by atomic mass is 15.5. The molecule has 2 N–H and O–H groups in total. The van der Waals surface area contributed by atoms with Crippen LogP contribution in [0.4, 0.5) is 5.69 Å². The van der Waals surface area contributed by atoms with Gasteiger partial charge in [0.2, 0.25) is 0 Å². The van der Waals surface area contributed by atoms with Crippen LogP contribution in [0.5, 0.6) is 0 Å². The van der Waals surface area contributed by atoms with Crippen molar-refractivity contribution in [1.82, 2.24) is 30.0 Å². The number of aryl methyl sites for hydroxylation is 3. The molecule has 0 spiro atoms. The molecule has 2 heterocycles. The molecule has 0 amide bonds. The van der Waals surface area contributed by atoms with Crippen LogP contribution in [-0.4, -0.2) is 30.0 Å². The van der Waals surface area contributed by atoms with Gasteiger partial charge in [-0.1, -0.05) is 12.1 Å². The van der Waals surface area contributed by atoms with Crippen LogP contribution in [0, 0.1) is 13.8 Å². The first-order valence-electron chi connectivity index (χ1n) is 6.22. The summed E-state index contributed by atoms with van der Waals surface area (Å²) in [5, 5.41) is 16.3. The minimum atomic E-state index is 0.622. The molecule has 3 aromatic rings. The van der Waals surface area contributed by atoms with Crippen molar-refractivity contribution in [2.24, 2.45) is 7.05 Å². The van der Waals surface area contributed by atoms with Crippen molar-refractivity contribution in [3.05, 3.63) is 35.7 Å². The van der Waals surface area contributed by atoms with Gasteiger partial charge < -0.3 is 5.73 Å². The number of nitrogen functional groups attached to an aromatic ring is 1. The number of nitrogens with two attached hydrogens (primary N) is 1. The van der Waals surface area contributed by atoms with E-state index in [0.717, 1.165) is 22.5 Å². The first-order valence-corrected chi connectivity index (χ1v) is 6.22. The molecule has 0 bridgehead atoms. The maximum atomic E-state index is 6.07. The highest BCUT2D eigenvalue weighted by Crippen LogP contribution is 2.29. The van der Waals surface area contributed by atoms with Gasteiger partial charge in [-0.25, -0.2) is 0 Å². The molecule has 7 heteroatoms. The van der Waals surface area contributed by atoms with E-state index in [-0.39, 0.29) is 0 Å². The number of hydrogen-bond acceptors (Lipinski definition) is 5. The average Bonchev–Trinajstić information content (AvgIpc) is 2.96. The van der Waals surface area contributed by atoms with E-state index >= 15 is 0 Å². The van der Waals surface area contributed by atoms with Gasteiger partial charge in [-0.05, 0) is 35.9 Å². The van der Waals surface area contributed by atoms with Crippen LogP contribution in [0.3, 0.4) is 0 Å². The predicted octanol–water partition coefficient (Wildman–Crippen LogP) is 1.26. The van der Waals surface area contributed by atoms with Gasteiger partial charge in [0.05, 0.1) is 11.9 Å². The highest BCUT2D eigenvalue weighted by molar-refractivity contribution is 5.75. The molecular formula is C13H15N7. The monoisotopic (exact) mass is 269 g/mol. The third kappa shape index (κ3) is 1.83. The first-order chi connectivity index (χ1) is 9.58. The van der Waals surface area contributed by atoms with Crippen molar-refractivity contribution < 1.29 is 0 Å².